The molecule has 1 aliphatic rings. The Balaban J connectivity index is 1.72. The van der Waals surface area contributed by atoms with Crippen molar-refractivity contribution in [3.05, 3.63) is 35.9 Å². The standard InChI is InChI=1S/C20H30N4O3/c1-3-23(15-18-7-5-4-6-8-18)19(26)14-22-20(27)24-11-9-17(10-12-24)13-21-16(2)25/h4-8,17H,3,9-15H2,1-2H3,(H,21,25)(H,22,27). The van der Waals surface area contributed by atoms with Gasteiger partial charge in [-0.1, -0.05) is 30.3 Å². The molecule has 1 aromatic rings. The number of carbonyl (C=O) groups excluding carboxylic acids is 3. The molecule has 2 N–H and O–H groups in total. The van der Waals surface area contributed by atoms with Crippen molar-refractivity contribution in [1.82, 2.24) is 20.4 Å². The Morgan fingerprint density at radius 1 is 1.11 bits per heavy atom. The quantitative estimate of drug-likeness (QED) is 0.760. The summed E-state index contributed by atoms with van der Waals surface area (Å²) in [5.41, 5.74) is 1.07. The second-order valence-corrected chi connectivity index (χ2v) is 6.92. The van der Waals surface area contributed by atoms with Crippen molar-refractivity contribution < 1.29 is 14.4 Å². The Morgan fingerprint density at radius 3 is 2.37 bits per heavy atom. The van der Waals surface area contributed by atoms with E-state index in [0.29, 0.717) is 38.6 Å². The van der Waals surface area contributed by atoms with Gasteiger partial charge in [-0.15, -0.1) is 0 Å². The first-order valence-electron chi connectivity index (χ1n) is 9.58. The third-order valence-corrected chi connectivity index (χ3v) is 4.88. The summed E-state index contributed by atoms with van der Waals surface area (Å²) in [6.07, 6.45) is 1.72. The largest absolute Gasteiger partial charge is 0.356 e. The topological polar surface area (TPSA) is 81.8 Å². The highest BCUT2D eigenvalue weighted by Gasteiger charge is 2.23. The van der Waals surface area contributed by atoms with E-state index in [1.807, 2.05) is 37.3 Å². The lowest BCUT2D eigenvalue weighted by atomic mass is 9.97. The van der Waals surface area contributed by atoms with Gasteiger partial charge in [0, 0.05) is 39.6 Å². The Kier molecular flexibility index (Phi) is 8.10. The number of likely N-dealkylation sites (tertiary alicyclic amines) is 1. The molecule has 1 saturated heterocycles. The summed E-state index contributed by atoms with van der Waals surface area (Å²) in [7, 11) is 0. The molecule has 0 saturated carbocycles. The molecular formula is C20H30N4O3. The maximum absolute atomic E-state index is 12.4. The number of benzene rings is 1. The Labute approximate surface area is 161 Å². The average Bonchev–Trinajstić information content (AvgIpc) is 2.69. The monoisotopic (exact) mass is 374 g/mol. The van der Waals surface area contributed by atoms with Crippen molar-refractivity contribution in [2.45, 2.75) is 33.2 Å². The molecule has 0 bridgehead atoms. The molecule has 4 amide bonds. The van der Waals surface area contributed by atoms with E-state index in [0.717, 1.165) is 18.4 Å². The Bertz CT molecular complexity index is 627. The number of hydrogen-bond acceptors (Lipinski definition) is 3. The molecule has 1 aromatic carbocycles. The summed E-state index contributed by atoms with van der Waals surface area (Å²) >= 11 is 0. The van der Waals surface area contributed by atoms with Crippen LogP contribution in [-0.2, 0) is 16.1 Å². The molecule has 148 valence electrons. The van der Waals surface area contributed by atoms with Crippen LogP contribution in [0.25, 0.3) is 0 Å². The van der Waals surface area contributed by atoms with Crippen molar-refractivity contribution in [3.63, 3.8) is 0 Å². The molecule has 0 atom stereocenters. The number of urea groups is 1. The fourth-order valence-corrected chi connectivity index (χ4v) is 3.18. The zero-order valence-electron chi connectivity index (χ0n) is 16.2. The highest BCUT2D eigenvalue weighted by molar-refractivity contribution is 5.84. The molecule has 7 heteroatoms. The van der Waals surface area contributed by atoms with E-state index in [2.05, 4.69) is 10.6 Å². The smallest absolute Gasteiger partial charge is 0.317 e. The van der Waals surface area contributed by atoms with Crippen molar-refractivity contribution in [2.24, 2.45) is 5.92 Å². The summed E-state index contributed by atoms with van der Waals surface area (Å²) in [4.78, 5) is 39.2. The molecule has 0 aliphatic carbocycles. The fraction of sp³-hybridized carbons (Fsp3) is 0.550. The van der Waals surface area contributed by atoms with E-state index in [4.69, 9.17) is 0 Å². The van der Waals surface area contributed by atoms with Gasteiger partial charge in [0.1, 0.15) is 0 Å². The van der Waals surface area contributed by atoms with E-state index in [1.165, 1.54) is 6.92 Å². The van der Waals surface area contributed by atoms with Gasteiger partial charge in [0.05, 0.1) is 6.54 Å². The van der Waals surface area contributed by atoms with Gasteiger partial charge in [0.25, 0.3) is 0 Å². The van der Waals surface area contributed by atoms with E-state index < -0.39 is 0 Å². The first-order valence-corrected chi connectivity index (χ1v) is 9.58. The minimum absolute atomic E-state index is 0.00529. The molecule has 0 spiro atoms. The SMILES string of the molecule is CCN(Cc1ccccc1)C(=O)CNC(=O)N1CCC(CNC(C)=O)CC1. The first-order chi connectivity index (χ1) is 13.0. The molecule has 1 fully saturated rings. The Morgan fingerprint density at radius 2 is 1.78 bits per heavy atom. The minimum Gasteiger partial charge on any atom is -0.356 e. The summed E-state index contributed by atoms with van der Waals surface area (Å²) in [5.74, 6) is 0.293. The zero-order valence-corrected chi connectivity index (χ0v) is 16.2. The van der Waals surface area contributed by atoms with Gasteiger partial charge < -0.3 is 20.4 Å². The van der Waals surface area contributed by atoms with Crippen LogP contribution >= 0.6 is 0 Å². The molecule has 1 heterocycles. The predicted octanol–water partition coefficient (Wildman–Crippen LogP) is 1.59. The van der Waals surface area contributed by atoms with Gasteiger partial charge in [-0.05, 0) is 31.2 Å². The maximum atomic E-state index is 12.4. The minimum atomic E-state index is -0.197. The molecule has 1 aliphatic heterocycles. The zero-order chi connectivity index (χ0) is 19.6. The van der Waals surface area contributed by atoms with E-state index in [1.54, 1.807) is 9.80 Å². The number of amides is 4. The third-order valence-electron chi connectivity index (χ3n) is 4.88. The summed E-state index contributed by atoms with van der Waals surface area (Å²) in [6.45, 7) is 6.54. The van der Waals surface area contributed by atoms with Crippen LogP contribution < -0.4 is 10.6 Å². The number of rotatable bonds is 7. The molecule has 7 nitrogen and oxygen atoms in total. The van der Waals surface area contributed by atoms with Gasteiger partial charge in [-0.25, -0.2) is 4.79 Å². The van der Waals surface area contributed by atoms with E-state index in [9.17, 15) is 14.4 Å². The Hall–Kier alpha value is -2.57. The number of nitrogens with zero attached hydrogens (tertiary/aromatic N) is 2. The molecule has 0 unspecified atom stereocenters. The second kappa shape index (κ2) is 10.5. The van der Waals surface area contributed by atoms with Crippen molar-refractivity contribution in [3.8, 4) is 0 Å². The van der Waals surface area contributed by atoms with Gasteiger partial charge in [-0.2, -0.15) is 0 Å². The fourth-order valence-electron chi connectivity index (χ4n) is 3.18. The highest BCUT2D eigenvalue weighted by atomic mass is 16.2. The number of carbonyl (C=O) groups is 3. The van der Waals surface area contributed by atoms with Crippen LogP contribution in [-0.4, -0.2) is 60.4 Å². The van der Waals surface area contributed by atoms with Crippen LogP contribution in [0.2, 0.25) is 0 Å². The normalized spacial score (nSPS) is 14.5. The number of piperidine rings is 1. The summed E-state index contributed by atoms with van der Waals surface area (Å²) in [6, 6.07) is 9.62. The lowest BCUT2D eigenvalue weighted by molar-refractivity contribution is -0.130. The lowest BCUT2D eigenvalue weighted by Gasteiger charge is -2.32. The van der Waals surface area contributed by atoms with Crippen LogP contribution in [0.3, 0.4) is 0 Å². The van der Waals surface area contributed by atoms with E-state index >= 15 is 0 Å². The lowest BCUT2D eigenvalue weighted by Crippen LogP contribution is -2.48. The van der Waals surface area contributed by atoms with Gasteiger partial charge in [0.15, 0.2) is 0 Å². The average molecular weight is 374 g/mol. The second-order valence-electron chi connectivity index (χ2n) is 6.92. The maximum Gasteiger partial charge on any atom is 0.317 e. The molecule has 0 aromatic heterocycles. The number of nitrogens with one attached hydrogen (secondary N) is 2. The van der Waals surface area contributed by atoms with Crippen LogP contribution in [0.4, 0.5) is 4.79 Å². The highest BCUT2D eigenvalue weighted by Crippen LogP contribution is 2.16. The van der Waals surface area contributed by atoms with Crippen LogP contribution in [0.1, 0.15) is 32.3 Å². The van der Waals surface area contributed by atoms with Crippen molar-refractivity contribution >= 4 is 17.8 Å². The van der Waals surface area contributed by atoms with E-state index in [-0.39, 0.29) is 24.4 Å². The molecule has 27 heavy (non-hydrogen) atoms. The van der Waals surface area contributed by atoms with Crippen LogP contribution in [0.15, 0.2) is 30.3 Å². The summed E-state index contributed by atoms with van der Waals surface area (Å²) < 4.78 is 0. The first kappa shape index (κ1) is 20.7. The number of likely N-dealkylation sites (N-methyl/N-ethyl adjacent to an activating group) is 1. The molecular weight excluding hydrogens is 344 g/mol. The predicted molar refractivity (Wildman–Crippen MR) is 104 cm³/mol. The molecule has 2 rings (SSSR count). The summed E-state index contributed by atoms with van der Waals surface area (Å²) in [5, 5.41) is 5.57. The number of hydrogen-bond donors (Lipinski definition) is 2. The van der Waals surface area contributed by atoms with Gasteiger partial charge in [-0.3, -0.25) is 9.59 Å². The van der Waals surface area contributed by atoms with Crippen LogP contribution in [0.5, 0.6) is 0 Å². The van der Waals surface area contributed by atoms with Gasteiger partial charge in [0.2, 0.25) is 11.8 Å². The van der Waals surface area contributed by atoms with Crippen molar-refractivity contribution in [2.75, 3.05) is 32.7 Å². The van der Waals surface area contributed by atoms with Crippen LogP contribution in [0, 0.1) is 5.92 Å². The molecule has 0 radical (unpaired) electrons. The van der Waals surface area contributed by atoms with Gasteiger partial charge >= 0.3 is 6.03 Å². The van der Waals surface area contributed by atoms with Crippen molar-refractivity contribution in [1.29, 1.82) is 0 Å². The third kappa shape index (κ3) is 6.92.